The summed E-state index contributed by atoms with van der Waals surface area (Å²) in [6, 6.07) is 8.33. The number of pyridine rings is 2. The third-order valence-corrected chi connectivity index (χ3v) is 5.35. The quantitative estimate of drug-likeness (QED) is 0.601. The SMILES string of the molecule is Cc1cc2c(c(F)n1)-c1cnccc1[C@@H](C)C(=O)N2CC(=O)Nc1ccc(C(F)F)cc1. The van der Waals surface area contributed by atoms with Gasteiger partial charge >= 0.3 is 0 Å². The summed E-state index contributed by atoms with van der Waals surface area (Å²) in [6.07, 6.45) is 0.384. The number of aromatic nitrogens is 2. The number of fused-ring (bicyclic) bond motifs is 3. The lowest BCUT2D eigenvalue weighted by atomic mass is 9.94. The number of halogens is 3. The van der Waals surface area contributed by atoms with Crippen LogP contribution in [0.4, 0.5) is 24.5 Å². The molecule has 3 aromatic rings. The van der Waals surface area contributed by atoms with Crippen LogP contribution in [0.5, 0.6) is 0 Å². The van der Waals surface area contributed by atoms with Gasteiger partial charge in [0.1, 0.15) is 6.54 Å². The van der Waals surface area contributed by atoms with Crippen molar-refractivity contribution in [2.45, 2.75) is 26.2 Å². The number of nitrogens with one attached hydrogen (secondary N) is 1. The summed E-state index contributed by atoms with van der Waals surface area (Å²) in [6.45, 7) is 2.88. The lowest BCUT2D eigenvalue weighted by Gasteiger charge is -2.24. The third-order valence-electron chi connectivity index (χ3n) is 5.35. The fourth-order valence-electron chi connectivity index (χ4n) is 3.78. The topological polar surface area (TPSA) is 75.2 Å². The van der Waals surface area contributed by atoms with E-state index in [0.717, 1.165) is 0 Å². The predicted molar refractivity (Wildman–Crippen MR) is 113 cm³/mol. The second-order valence-corrected chi connectivity index (χ2v) is 7.53. The number of alkyl halides is 2. The molecular weight excluding hydrogens is 421 g/mol. The average molecular weight is 440 g/mol. The molecule has 2 amide bonds. The number of nitrogens with zero attached hydrogens (tertiary/aromatic N) is 3. The van der Waals surface area contributed by atoms with Gasteiger partial charge in [0.25, 0.3) is 6.43 Å². The standard InChI is InChI=1S/C23H19F3N4O2/c1-12-9-18-20(22(26)28-12)17-10-27-8-7-16(17)13(2)23(32)30(18)11-19(31)29-15-5-3-14(4-6-15)21(24)25/h3-10,13,21H,11H2,1-2H3,(H,29,31)/t13-/m1/s1. The Morgan fingerprint density at radius 2 is 1.94 bits per heavy atom. The predicted octanol–water partition coefficient (Wildman–Crippen LogP) is 4.62. The van der Waals surface area contributed by atoms with Gasteiger partial charge in [-0.1, -0.05) is 12.1 Å². The number of anilines is 2. The maximum absolute atomic E-state index is 15.0. The number of rotatable bonds is 4. The molecule has 2 aromatic heterocycles. The fraction of sp³-hybridized carbons (Fsp3) is 0.217. The summed E-state index contributed by atoms with van der Waals surface area (Å²) in [7, 11) is 0. The Balaban J connectivity index is 1.69. The van der Waals surface area contributed by atoms with E-state index in [4.69, 9.17) is 0 Å². The molecule has 32 heavy (non-hydrogen) atoms. The van der Waals surface area contributed by atoms with Crippen LogP contribution in [0.25, 0.3) is 11.1 Å². The summed E-state index contributed by atoms with van der Waals surface area (Å²) in [5.74, 6) is -2.35. The Kier molecular flexibility index (Phi) is 5.65. The summed E-state index contributed by atoms with van der Waals surface area (Å²) in [5, 5.41) is 2.59. The lowest BCUT2D eigenvalue weighted by molar-refractivity contribution is -0.122. The first-order valence-corrected chi connectivity index (χ1v) is 9.87. The van der Waals surface area contributed by atoms with Crippen molar-refractivity contribution < 1.29 is 22.8 Å². The van der Waals surface area contributed by atoms with Crippen molar-refractivity contribution in [2.75, 3.05) is 16.8 Å². The smallest absolute Gasteiger partial charge is 0.263 e. The van der Waals surface area contributed by atoms with Crippen LogP contribution in [-0.4, -0.2) is 28.3 Å². The van der Waals surface area contributed by atoms with Crippen molar-refractivity contribution in [3.8, 4) is 11.1 Å². The fourth-order valence-corrected chi connectivity index (χ4v) is 3.78. The van der Waals surface area contributed by atoms with E-state index in [9.17, 15) is 22.8 Å². The van der Waals surface area contributed by atoms with Crippen LogP contribution in [0.15, 0.2) is 48.8 Å². The van der Waals surface area contributed by atoms with Gasteiger partial charge < -0.3 is 10.2 Å². The number of hydrogen-bond donors (Lipinski definition) is 1. The van der Waals surface area contributed by atoms with Crippen LogP contribution in [0.1, 0.15) is 36.1 Å². The molecule has 0 aliphatic carbocycles. The summed E-state index contributed by atoms with van der Waals surface area (Å²) >= 11 is 0. The van der Waals surface area contributed by atoms with Crippen LogP contribution >= 0.6 is 0 Å². The van der Waals surface area contributed by atoms with Gasteiger partial charge in [0.15, 0.2) is 0 Å². The van der Waals surface area contributed by atoms with Gasteiger partial charge in [-0.15, -0.1) is 0 Å². The molecule has 6 nitrogen and oxygen atoms in total. The summed E-state index contributed by atoms with van der Waals surface area (Å²) in [5.41, 5.74) is 1.84. The molecule has 1 N–H and O–H groups in total. The highest BCUT2D eigenvalue weighted by Crippen LogP contribution is 2.41. The second kappa shape index (κ2) is 8.41. The maximum atomic E-state index is 15.0. The van der Waals surface area contributed by atoms with Gasteiger partial charge in [0, 0.05) is 34.9 Å². The Morgan fingerprint density at radius 3 is 2.62 bits per heavy atom. The van der Waals surface area contributed by atoms with E-state index >= 15 is 0 Å². The van der Waals surface area contributed by atoms with E-state index in [1.807, 2.05) is 0 Å². The van der Waals surface area contributed by atoms with Crippen molar-refractivity contribution in [1.29, 1.82) is 0 Å². The van der Waals surface area contributed by atoms with E-state index < -0.39 is 30.7 Å². The number of aryl methyl sites for hydroxylation is 1. The number of carbonyl (C=O) groups is 2. The van der Waals surface area contributed by atoms with Crippen LogP contribution < -0.4 is 10.2 Å². The van der Waals surface area contributed by atoms with E-state index in [0.29, 0.717) is 22.5 Å². The highest BCUT2D eigenvalue weighted by atomic mass is 19.3. The maximum Gasteiger partial charge on any atom is 0.263 e. The number of carbonyl (C=O) groups excluding carboxylic acids is 2. The molecule has 1 aliphatic heterocycles. The molecule has 0 fully saturated rings. The molecular formula is C23H19F3N4O2. The molecule has 0 saturated carbocycles. The molecule has 1 atom stereocenters. The van der Waals surface area contributed by atoms with Crippen LogP contribution in [0.2, 0.25) is 0 Å². The van der Waals surface area contributed by atoms with E-state index in [1.165, 1.54) is 41.6 Å². The molecule has 0 unspecified atom stereocenters. The monoisotopic (exact) mass is 440 g/mol. The number of hydrogen-bond acceptors (Lipinski definition) is 4. The highest BCUT2D eigenvalue weighted by Gasteiger charge is 2.34. The van der Waals surface area contributed by atoms with Gasteiger partial charge in [0.2, 0.25) is 17.8 Å². The second-order valence-electron chi connectivity index (χ2n) is 7.53. The first-order valence-electron chi connectivity index (χ1n) is 9.87. The van der Waals surface area contributed by atoms with Crippen molar-refractivity contribution in [2.24, 2.45) is 0 Å². The molecule has 3 heterocycles. The average Bonchev–Trinajstić information content (AvgIpc) is 2.84. The Morgan fingerprint density at radius 1 is 1.22 bits per heavy atom. The lowest BCUT2D eigenvalue weighted by Crippen LogP contribution is -2.40. The van der Waals surface area contributed by atoms with E-state index in [-0.39, 0.29) is 22.7 Å². The number of amides is 2. The normalized spacial score (nSPS) is 15.2. The van der Waals surface area contributed by atoms with Gasteiger partial charge in [-0.3, -0.25) is 14.6 Å². The first kappa shape index (κ1) is 21.5. The molecule has 9 heteroatoms. The largest absolute Gasteiger partial charge is 0.325 e. The molecule has 0 bridgehead atoms. The molecule has 1 aliphatic rings. The van der Waals surface area contributed by atoms with Gasteiger partial charge in [-0.2, -0.15) is 4.39 Å². The highest BCUT2D eigenvalue weighted by molar-refractivity contribution is 6.09. The minimum absolute atomic E-state index is 0.102. The van der Waals surface area contributed by atoms with Crippen molar-refractivity contribution >= 4 is 23.2 Å². The van der Waals surface area contributed by atoms with Crippen molar-refractivity contribution in [1.82, 2.24) is 9.97 Å². The zero-order chi connectivity index (χ0) is 23.0. The first-order chi connectivity index (χ1) is 15.3. The molecule has 1 aromatic carbocycles. The number of benzene rings is 1. The zero-order valence-corrected chi connectivity index (χ0v) is 17.3. The van der Waals surface area contributed by atoms with Crippen molar-refractivity contribution in [3.05, 3.63) is 71.6 Å². The van der Waals surface area contributed by atoms with Gasteiger partial charge in [-0.25, -0.2) is 13.8 Å². The zero-order valence-electron chi connectivity index (χ0n) is 17.3. The van der Waals surface area contributed by atoms with Crippen molar-refractivity contribution in [3.63, 3.8) is 0 Å². The van der Waals surface area contributed by atoms with Crippen LogP contribution in [-0.2, 0) is 9.59 Å². The third kappa shape index (κ3) is 3.93. The molecule has 4 rings (SSSR count). The van der Waals surface area contributed by atoms with Crippen LogP contribution in [0, 0.1) is 12.9 Å². The molecule has 0 spiro atoms. The summed E-state index contributed by atoms with van der Waals surface area (Å²) in [4.78, 5) is 35.2. The summed E-state index contributed by atoms with van der Waals surface area (Å²) < 4.78 is 40.4. The minimum Gasteiger partial charge on any atom is -0.325 e. The molecule has 0 saturated heterocycles. The van der Waals surface area contributed by atoms with E-state index in [1.54, 1.807) is 26.0 Å². The van der Waals surface area contributed by atoms with E-state index in [2.05, 4.69) is 15.3 Å². The molecule has 0 radical (unpaired) electrons. The Bertz CT molecular complexity index is 1200. The van der Waals surface area contributed by atoms with Gasteiger partial charge in [-0.05, 0) is 43.7 Å². The Labute approximate surface area is 182 Å². The Hall–Kier alpha value is -3.75. The minimum atomic E-state index is -2.62. The molecule has 164 valence electrons. The van der Waals surface area contributed by atoms with Crippen LogP contribution in [0.3, 0.4) is 0 Å². The van der Waals surface area contributed by atoms with Gasteiger partial charge in [0.05, 0.1) is 17.2 Å².